The van der Waals surface area contributed by atoms with Gasteiger partial charge in [-0.15, -0.1) is 0 Å². The maximum Gasteiger partial charge on any atom is 0.340 e. The van der Waals surface area contributed by atoms with Crippen molar-refractivity contribution in [1.82, 2.24) is 0 Å². The molecule has 0 unspecified atom stereocenters. The van der Waals surface area contributed by atoms with E-state index >= 15 is 0 Å². The topological polar surface area (TPSA) is 87.0 Å². The van der Waals surface area contributed by atoms with Gasteiger partial charge in [-0.2, -0.15) is 5.26 Å². The summed E-state index contributed by atoms with van der Waals surface area (Å²) in [5.41, 5.74) is 0.676. The van der Waals surface area contributed by atoms with Crippen molar-refractivity contribution >= 4 is 23.1 Å². The van der Waals surface area contributed by atoms with Crippen LogP contribution in [0.5, 0.6) is 0 Å². The van der Waals surface area contributed by atoms with Crippen LogP contribution in [0.4, 0.5) is 0 Å². The normalized spacial score (nSPS) is 12.0. The van der Waals surface area contributed by atoms with Crippen molar-refractivity contribution in [1.29, 1.82) is 5.26 Å². The van der Waals surface area contributed by atoms with Crippen LogP contribution < -0.4 is 0 Å². The summed E-state index contributed by atoms with van der Waals surface area (Å²) in [5.74, 6) is -0.495. The highest BCUT2D eigenvalue weighted by atomic mass is 28.4. The Morgan fingerprint density at radius 3 is 1.92 bits per heavy atom. The summed E-state index contributed by atoms with van der Waals surface area (Å²) in [7, 11) is -4.93. The van der Waals surface area contributed by atoms with Gasteiger partial charge in [-0.1, -0.05) is 0 Å². The minimum Gasteiger partial charge on any atom is -0.465 e. The van der Waals surface area contributed by atoms with Crippen molar-refractivity contribution in [3.8, 4) is 6.07 Å². The first-order valence-corrected chi connectivity index (χ1v) is 13.7. The summed E-state index contributed by atoms with van der Waals surface area (Å²) >= 11 is 0. The predicted molar refractivity (Wildman–Crippen MR) is 99.3 cm³/mol. The molecule has 0 aromatic carbocycles. The molecule has 0 aliphatic rings. The van der Waals surface area contributed by atoms with Crippen LogP contribution in [0.15, 0.2) is 0 Å². The fraction of sp³-hybridized carbons (Fsp3) is 0.875. The zero-order valence-electron chi connectivity index (χ0n) is 16.3. The molecule has 0 spiro atoms. The third-order valence-corrected chi connectivity index (χ3v) is 12.8. The van der Waals surface area contributed by atoms with E-state index in [1.165, 1.54) is 0 Å². The second-order valence-electron chi connectivity index (χ2n) is 5.61. The minimum absolute atomic E-state index is 0.223. The molecule has 0 radical (unpaired) electrons. The molecule has 0 saturated heterocycles. The van der Waals surface area contributed by atoms with E-state index in [1.54, 1.807) is 6.07 Å². The standard InChI is InChI=1S/C16H33NO6Si2/c1-6-20-24(5,21-7-2)15-25(22-8-3,23-9-4)14-10-13-19-16(18)11-12-17/h6-11,13-15H2,1-5H3. The van der Waals surface area contributed by atoms with E-state index < -0.39 is 23.1 Å². The molecule has 0 bridgehead atoms. The number of nitrogens with zero attached hydrogens (tertiary/aromatic N) is 1. The number of carbonyl (C=O) groups is 1. The van der Waals surface area contributed by atoms with Crippen molar-refractivity contribution in [2.45, 2.75) is 58.8 Å². The highest BCUT2D eigenvalue weighted by Gasteiger charge is 2.47. The molecule has 25 heavy (non-hydrogen) atoms. The van der Waals surface area contributed by atoms with Crippen LogP contribution in [0.25, 0.3) is 0 Å². The van der Waals surface area contributed by atoms with Crippen LogP contribution in [-0.4, -0.2) is 56.1 Å². The first-order valence-electron chi connectivity index (χ1n) is 8.99. The van der Waals surface area contributed by atoms with E-state index in [-0.39, 0.29) is 13.0 Å². The second kappa shape index (κ2) is 13.4. The zero-order valence-corrected chi connectivity index (χ0v) is 18.3. The van der Waals surface area contributed by atoms with E-state index in [9.17, 15) is 4.79 Å². The van der Waals surface area contributed by atoms with Gasteiger partial charge >= 0.3 is 23.1 Å². The average Bonchev–Trinajstić information content (AvgIpc) is 2.52. The molecule has 0 aliphatic carbocycles. The van der Waals surface area contributed by atoms with Gasteiger partial charge in [-0.05, 0) is 46.7 Å². The summed E-state index contributed by atoms with van der Waals surface area (Å²) in [6, 6.07) is 2.47. The summed E-state index contributed by atoms with van der Waals surface area (Å²) in [6.07, 6.45) is 0.408. The summed E-state index contributed by atoms with van der Waals surface area (Å²) in [4.78, 5) is 11.3. The van der Waals surface area contributed by atoms with Crippen molar-refractivity contribution in [2.24, 2.45) is 0 Å². The van der Waals surface area contributed by atoms with Gasteiger partial charge in [0.05, 0.1) is 12.7 Å². The quantitative estimate of drug-likeness (QED) is 0.241. The van der Waals surface area contributed by atoms with Gasteiger partial charge in [0, 0.05) is 32.1 Å². The number of rotatable bonds is 15. The van der Waals surface area contributed by atoms with Gasteiger partial charge in [0.2, 0.25) is 0 Å². The molecule has 146 valence electrons. The van der Waals surface area contributed by atoms with Gasteiger partial charge in [-0.3, -0.25) is 4.79 Å². The average molecular weight is 392 g/mol. The van der Waals surface area contributed by atoms with Gasteiger partial charge in [0.1, 0.15) is 6.42 Å². The van der Waals surface area contributed by atoms with E-state index in [0.717, 1.165) is 0 Å². The summed E-state index contributed by atoms with van der Waals surface area (Å²) in [6.45, 7) is 12.4. The van der Waals surface area contributed by atoms with Crippen molar-refractivity contribution in [3.05, 3.63) is 0 Å². The van der Waals surface area contributed by atoms with Crippen LogP contribution in [0, 0.1) is 11.3 Å². The maximum absolute atomic E-state index is 11.3. The molecule has 0 fully saturated rings. The van der Waals surface area contributed by atoms with Crippen LogP contribution >= 0.6 is 0 Å². The first kappa shape index (κ1) is 24.2. The molecule has 0 rings (SSSR count). The first-order chi connectivity index (χ1) is 11.9. The van der Waals surface area contributed by atoms with Crippen LogP contribution in [0.1, 0.15) is 40.5 Å². The Bertz CT molecular complexity index is 404. The Kier molecular flexibility index (Phi) is 13.0. The number of esters is 1. The van der Waals surface area contributed by atoms with Crippen molar-refractivity contribution < 1.29 is 27.2 Å². The van der Waals surface area contributed by atoms with E-state index in [0.29, 0.717) is 44.6 Å². The smallest absolute Gasteiger partial charge is 0.340 e. The zero-order chi connectivity index (χ0) is 19.2. The van der Waals surface area contributed by atoms with Gasteiger partial charge < -0.3 is 22.4 Å². The van der Waals surface area contributed by atoms with E-state index in [1.807, 2.05) is 34.2 Å². The van der Waals surface area contributed by atoms with Crippen LogP contribution in [0.3, 0.4) is 0 Å². The number of hydrogen-bond acceptors (Lipinski definition) is 7. The lowest BCUT2D eigenvalue weighted by atomic mass is 10.5. The molecule has 7 nitrogen and oxygen atoms in total. The van der Waals surface area contributed by atoms with Gasteiger partial charge in [0.15, 0.2) is 0 Å². The molecule has 0 aliphatic heterocycles. The van der Waals surface area contributed by atoms with Crippen LogP contribution in [0.2, 0.25) is 18.3 Å². The number of ether oxygens (including phenoxy) is 1. The van der Waals surface area contributed by atoms with Gasteiger partial charge in [-0.25, -0.2) is 0 Å². The Balaban J connectivity index is 4.96. The van der Waals surface area contributed by atoms with Crippen molar-refractivity contribution in [3.63, 3.8) is 0 Å². The van der Waals surface area contributed by atoms with E-state index in [2.05, 4.69) is 0 Å². The highest BCUT2D eigenvalue weighted by molar-refractivity contribution is 6.85. The monoisotopic (exact) mass is 391 g/mol. The Hall–Kier alpha value is -0.766. The lowest BCUT2D eigenvalue weighted by Crippen LogP contribution is -2.53. The molecule has 0 aromatic heterocycles. The summed E-state index contributed by atoms with van der Waals surface area (Å²) < 4.78 is 29.2. The maximum atomic E-state index is 11.3. The number of nitriles is 1. The molecule has 9 heteroatoms. The predicted octanol–water partition coefficient (Wildman–Crippen LogP) is 3.03. The number of hydrogen-bond donors (Lipinski definition) is 0. The molecular formula is C16H33NO6Si2. The highest BCUT2D eigenvalue weighted by Crippen LogP contribution is 2.29. The third-order valence-electron chi connectivity index (χ3n) is 3.49. The largest absolute Gasteiger partial charge is 0.465 e. The molecule has 0 aromatic rings. The third kappa shape index (κ3) is 10.1. The van der Waals surface area contributed by atoms with Crippen LogP contribution in [-0.2, 0) is 27.2 Å². The molecule has 0 N–H and O–H groups in total. The minimum atomic E-state index is -2.54. The molecule has 0 saturated carbocycles. The Morgan fingerprint density at radius 1 is 0.960 bits per heavy atom. The van der Waals surface area contributed by atoms with E-state index in [4.69, 9.17) is 27.7 Å². The lowest BCUT2D eigenvalue weighted by Gasteiger charge is -2.36. The number of carbonyl (C=O) groups excluding carboxylic acids is 1. The van der Waals surface area contributed by atoms with Gasteiger partial charge in [0.25, 0.3) is 0 Å². The molecular weight excluding hydrogens is 358 g/mol. The fourth-order valence-corrected chi connectivity index (χ4v) is 12.5. The SMILES string of the molecule is CCO[Si](C)(C[Si](CCCOC(=O)CC#N)(OCC)OCC)OCC. The lowest BCUT2D eigenvalue weighted by molar-refractivity contribution is -0.142. The Labute approximate surface area is 154 Å². The second-order valence-corrected chi connectivity index (χ2v) is 12.8. The molecule has 0 amide bonds. The Morgan fingerprint density at radius 2 is 1.48 bits per heavy atom. The summed E-state index contributed by atoms with van der Waals surface area (Å²) in [5, 5.41) is 8.48. The van der Waals surface area contributed by atoms with Crippen molar-refractivity contribution in [2.75, 3.05) is 33.0 Å². The fourth-order valence-electron chi connectivity index (χ4n) is 2.79. The molecule has 0 atom stereocenters. The molecule has 0 heterocycles.